The summed E-state index contributed by atoms with van der Waals surface area (Å²) in [6.07, 6.45) is 3.68. The van der Waals surface area contributed by atoms with Crippen LogP contribution >= 0.6 is 0 Å². The van der Waals surface area contributed by atoms with Gasteiger partial charge in [-0.2, -0.15) is 0 Å². The lowest BCUT2D eigenvalue weighted by Gasteiger charge is -2.20. The van der Waals surface area contributed by atoms with Gasteiger partial charge in [0.25, 0.3) is 0 Å². The van der Waals surface area contributed by atoms with Crippen molar-refractivity contribution in [1.82, 2.24) is 9.97 Å². The Balaban J connectivity index is 2.00. The summed E-state index contributed by atoms with van der Waals surface area (Å²) in [6.45, 7) is 1.22. The summed E-state index contributed by atoms with van der Waals surface area (Å²) in [6, 6.07) is 14.2. The fourth-order valence-electron chi connectivity index (χ4n) is 2.51. The highest BCUT2D eigenvalue weighted by Gasteiger charge is 2.10. The Kier molecular flexibility index (Phi) is 3.79. The van der Waals surface area contributed by atoms with E-state index in [-0.39, 0.29) is 0 Å². The summed E-state index contributed by atoms with van der Waals surface area (Å²) in [5.41, 5.74) is 7.89. The molecule has 4 nitrogen and oxygen atoms in total. The van der Waals surface area contributed by atoms with Crippen LogP contribution in [0.15, 0.2) is 54.9 Å². The van der Waals surface area contributed by atoms with Crippen LogP contribution in [0.25, 0.3) is 10.8 Å². The smallest absolute Gasteiger partial charge is 0.136 e. The fourth-order valence-corrected chi connectivity index (χ4v) is 2.51. The van der Waals surface area contributed by atoms with Crippen LogP contribution < -0.4 is 10.6 Å². The zero-order chi connectivity index (χ0) is 14.7. The zero-order valence-electron chi connectivity index (χ0n) is 12.0. The maximum absolute atomic E-state index is 5.80. The first-order chi connectivity index (χ1) is 10.3. The molecule has 0 amide bonds. The summed E-state index contributed by atoms with van der Waals surface area (Å²) in [5.74, 6) is 0.952. The number of aromatic nitrogens is 2. The van der Waals surface area contributed by atoms with Crippen LogP contribution in [0.3, 0.4) is 0 Å². The molecule has 0 saturated carbocycles. The molecular formula is C17H18N4. The van der Waals surface area contributed by atoms with Crippen molar-refractivity contribution in [3.8, 4) is 0 Å². The van der Waals surface area contributed by atoms with Gasteiger partial charge >= 0.3 is 0 Å². The van der Waals surface area contributed by atoms with Crippen LogP contribution in [0, 0.1) is 0 Å². The minimum absolute atomic E-state index is 0.498. The van der Waals surface area contributed by atoms with Crippen molar-refractivity contribution < 1.29 is 0 Å². The van der Waals surface area contributed by atoms with Crippen molar-refractivity contribution in [2.24, 2.45) is 5.73 Å². The van der Waals surface area contributed by atoms with Crippen molar-refractivity contribution in [2.75, 3.05) is 11.9 Å². The average Bonchev–Trinajstić information content (AvgIpc) is 2.54. The van der Waals surface area contributed by atoms with Gasteiger partial charge in [-0.3, -0.25) is 4.98 Å². The van der Waals surface area contributed by atoms with Crippen molar-refractivity contribution >= 4 is 16.6 Å². The molecule has 0 fully saturated rings. The van der Waals surface area contributed by atoms with E-state index in [0.717, 1.165) is 34.4 Å². The summed E-state index contributed by atoms with van der Waals surface area (Å²) >= 11 is 0. The number of anilines is 1. The number of nitrogens with zero attached hydrogens (tertiary/aromatic N) is 3. The summed E-state index contributed by atoms with van der Waals surface area (Å²) in [7, 11) is 2.03. The lowest BCUT2D eigenvalue weighted by molar-refractivity contribution is 0.869. The van der Waals surface area contributed by atoms with Gasteiger partial charge in [0.1, 0.15) is 5.82 Å². The third-order valence-electron chi connectivity index (χ3n) is 3.56. The maximum Gasteiger partial charge on any atom is 0.136 e. The van der Waals surface area contributed by atoms with Crippen LogP contribution in [0.4, 0.5) is 5.82 Å². The molecule has 0 aliphatic heterocycles. The van der Waals surface area contributed by atoms with Gasteiger partial charge in [0.05, 0.1) is 12.2 Å². The molecule has 106 valence electrons. The lowest BCUT2D eigenvalue weighted by atomic mass is 10.1. The van der Waals surface area contributed by atoms with Crippen LogP contribution in [0.2, 0.25) is 0 Å². The summed E-state index contributed by atoms with van der Waals surface area (Å²) < 4.78 is 0. The fraction of sp³-hybridized carbons (Fsp3) is 0.176. The van der Waals surface area contributed by atoms with Crippen molar-refractivity contribution in [2.45, 2.75) is 13.1 Å². The normalized spacial score (nSPS) is 10.8. The molecule has 21 heavy (non-hydrogen) atoms. The number of hydrogen-bond acceptors (Lipinski definition) is 4. The molecular weight excluding hydrogens is 260 g/mol. The molecule has 2 heterocycles. The first kappa shape index (κ1) is 13.5. The summed E-state index contributed by atoms with van der Waals surface area (Å²) in [4.78, 5) is 11.1. The van der Waals surface area contributed by atoms with Crippen LogP contribution in [0.5, 0.6) is 0 Å². The van der Waals surface area contributed by atoms with Gasteiger partial charge in [0.15, 0.2) is 0 Å². The monoisotopic (exact) mass is 278 g/mol. The quantitative estimate of drug-likeness (QED) is 0.797. The topological polar surface area (TPSA) is 55.0 Å². The van der Waals surface area contributed by atoms with E-state index in [2.05, 4.69) is 27.0 Å². The molecule has 0 unspecified atom stereocenters. The van der Waals surface area contributed by atoms with E-state index in [1.54, 1.807) is 0 Å². The van der Waals surface area contributed by atoms with Gasteiger partial charge in [-0.15, -0.1) is 0 Å². The van der Waals surface area contributed by atoms with Crippen molar-refractivity contribution in [3.63, 3.8) is 0 Å². The SMILES string of the molecule is CN(Cc1ccccn1)c1ncc(CN)c2ccccc12. The molecule has 0 aliphatic carbocycles. The molecule has 0 aliphatic rings. The van der Waals surface area contributed by atoms with Crippen molar-refractivity contribution in [1.29, 1.82) is 0 Å². The second-order valence-corrected chi connectivity index (χ2v) is 5.03. The van der Waals surface area contributed by atoms with Gasteiger partial charge in [0.2, 0.25) is 0 Å². The van der Waals surface area contributed by atoms with Gasteiger partial charge in [0, 0.05) is 31.4 Å². The molecule has 3 aromatic rings. The molecule has 0 spiro atoms. The van der Waals surface area contributed by atoms with E-state index in [0.29, 0.717) is 6.54 Å². The van der Waals surface area contributed by atoms with Gasteiger partial charge < -0.3 is 10.6 Å². The minimum Gasteiger partial charge on any atom is -0.353 e. The highest BCUT2D eigenvalue weighted by atomic mass is 15.2. The highest BCUT2D eigenvalue weighted by Crippen LogP contribution is 2.27. The minimum atomic E-state index is 0.498. The molecule has 1 aromatic carbocycles. The van der Waals surface area contributed by atoms with Gasteiger partial charge in [-0.1, -0.05) is 30.3 Å². The van der Waals surface area contributed by atoms with E-state index in [4.69, 9.17) is 5.73 Å². The van der Waals surface area contributed by atoms with Crippen LogP contribution in [0.1, 0.15) is 11.3 Å². The number of pyridine rings is 2. The Hall–Kier alpha value is -2.46. The van der Waals surface area contributed by atoms with E-state index in [1.165, 1.54) is 0 Å². The Bertz CT molecular complexity index is 740. The molecule has 3 rings (SSSR count). The summed E-state index contributed by atoms with van der Waals surface area (Å²) in [5, 5.41) is 2.29. The van der Waals surface area contributed by atoms with E-state index < -0.39 is 0 Å². The lowest BCUT2D eigenvalue weighted by Crippen LogP contribution is -2.19. The van der Waals surface area contributed by atoms with E-state index in [1.807, 2.05) is 49.8 Å². The number of fused-ring (bicyclic) bond motifs is 1. The Morgan fingerprint density at radius 3 is 2.48 bits per heavy atom. The first-order valence-corrected chi connectivity index (χ1v) is 6.97. The Morgan fingerprint density at radius 2 is 1.76 bits per heavy atom. The molecule has 2 N–H and O–H groups in total. The molecule has 0 bridgehead atoms. The highest BCUT2D eigenvalue weighted by molar-refractivity contribution is 5.94. The molecule has 0 radical (unpaired) electrons. The molecule has 2 aromatic heterocycles. The second-order valence-electron chi connectivity index (χ2n) is 5.03. The number of nitrogens with two attached hydrogens (primary N) is 1. The Morgan fingerprint density at radius 1 is 1.00 bits per heavy atom. The average molecular weight is 278 g/mol. The maximum atomic E-state index is 5.80. The van der Waals surface area contributed by atoms with E-state index >= 15 is 0 Å². The number of hydrogen-bond donors (Lipinski definition) is 1. The zero-order valence-corrected chi connectivity index (χ0v) is 12.0. The number of rotatable bonds is 4. The third-order valence-corrected chi connectivity index (χ3v) is 3.56. The number of benzene rings is 1. The van der Waals surface area contributed by atoms with Gasteiger partial charge in [-0.25, -0.2) is 4.98 Å². The van der Waals surface area contributed by atoms with Crippen molar-refractivity contribution in [3.05, 3.63) is 66.1 Å². The first-order valence-electron chi connectivity index (χ1n) is 6.97. The molecule has 0 saturated heterocycles. The molecule has 4 heteroatoms. The molecule has 0 atom stereocenters. The standard InChI is InChI=1S/C17H18N4/c1-21(12-14-6-4-5-9-19-14)17-16-8-3-2-7-15(16)13(10-18)11-20-17/h2-9,11H,10,12,18H2,1H3. The second kappa shape index (κ2) is 5.89. The van der Waals surface area contributed by atoms with Crippen LogP contribution in [-0.4, -0.2) is 17.0 Å². The van der Waals surface area contributed by atoms with Crippen LogP contribution in [-0.2, 0) is 13.1 Å². The van der Waals surface area contributed by atoms with E-state index in [9.17, 15) is 0 Å². The predicted octanol–water partition coefficient (Wildman–Crippen LogP) is 2.72. The third kappa shape index (κ3) is 2.71. The largest absolute Gasteiger partial charge is 0.353 e. The van der Waals surface area contributed by atoms with Gasteiger partial charge in [-0.05, 0) is 23.1 Å². The predicted molar refractivity (Wildman–Crippen MR) is 86.0 cm³/mol. The Labute approximate surface area is 124 Å².